The Morgan fingerprint density at radius 2 is 1.82 bits per heavy atom. The van der Waals surface area contributed by atoms with Crippen molar-refractivity contribution in [3.05, 3.63) is 59.7 Å². The number of hydrogen-bond donors (Lipinski definition) is 1. The summed E-state index contributed by atoms with van der Waals surface area (Å²) in [5.74, 6) is 0.418. The van der Waals surface area contributed by atoms with Gasteiger partial charge in [0, 0.05) is 42.7 Å². The molecular formula is C30H35FN6O. The first-order chi connectivity index (χ1) is 18.3. The largest absolute Gasteiger partial charge is 0.369 e. The molecular weight excluding hydrogens is 479 g/mol. The minimum Gasteiger partial charge on any atom is -0.369 e. The van der Waals surface area contributed by atoms with Gasteiger partial charge in [-0.05, 0) is 55.5 Å². The van der Waals surface area contributed by atoms with Crippen LogP contribution in [-0.2, 0) is 5.41 Å². The minimum absolute atomic E-state index is 0.0312. The molecule has 2 aromatic heterocycles. The van der Waals surface area contributed by atoms with Crippen molar-refractivity contribution in [1.29, 1.82) is 0 Å². The van der Waals surface area contributed by atoms with Crippen LogP contribution in [0.2, 0.25) is 0 Å². The van der Waals surface area contributed by atoms with Gasteiger partial charge < -0.3 is 15.1 Å². The predicted octanol–water partition coefficient (Wildman–Crippen LogP) is 5.60. The van der Waals surface area contributed by atoms with E-state index < -0.39 is 5.82 Å². The highest BCUT2D eigenvalue weighted by molar-refractivity contribution is 5.96. The van der Waals surface area contributed by atoms with E-state index in [2.05, 4.69) is 50.0 Å². The van der Waals surface area contributed by atoms with Gasteiger partial charge in [-0.2, -0.15) is 0 Å². The summed E-state index contributed by atoms with van der Waals surface area (Å²) in [5, 5.41) is 3.12. The van der Waals surface area contributed by atoms with Crippen molar-refractivity contribution in [3.8, 4) is 11.3 Å². The summed E-state index contributed by atoms with van der Waals surface area (Å²) >= 11 is 0. The lowest BCUT2D eigenvalue weighted by Crippen LogP contribution is -2.72. The number of carbonyl (C=O) groups is 1. The van der Waals surface area contributed by atoms with Crippen LogP contribution in [0.25, 0.3) is 11.3 Å². The average molecular weight is 515 g/mol. The molecule has 0 atom stereocenters. The quantitative estimate of drug-likeness (QED) is 0.412. The molecule has 38 heavy (non-hydrogen) atoms. The number of nitrogens with zero attached hydrogens (tertiary/aromatic N) is 5. The van der Waals surface area contributed by atoms with Gasteiger partial charge in [0.2, 0.25) is 5.95 Å². The van der Waals surface area contributed by atoms with E-state index in [-0.39, 0.29) is 22.8 Å². The van der Waals surface area contributed by atoms with Crippen LogP contribution in [0.5, 0.6) is 0 Å². The molecule has 3 aliphatic rings. The Kier molecular flexibility index (Phi) is 6.17. The Balaban J connectivity index is 1.20. The molecule has 2 saturated heterocycles. The molecule has 1 aliphatic carbocycles. The molecule has 1 aromatic carbocycles. The highest BCUT2D eigenvalue weighted by atomic mass is 19.1. The first kappa shape index (κ1) is 24.9. The Morgan fingerprint density at radius 1 is 1.05 bits per heavy atom. The van der Waals surface area contributed by atoms with Gasteiger partial charge in [-0.15, -0.1) is 0 Å². The number of Topliss-reactive ketones (excluding diaryl/α,β-unsaturated/α-hetero) is 1. The van der Waals surface area contributed by atoms with Crippen LogP contribution in [-0.4, -0.2) is 58.4 Å². The fraction of sp³-hybridized carbons (Fsp3) is 0.467. The molecule has 1 spiro atoms. The molecule has 2 aliphatic heterocycles. The van der Waals surface area contributed by atoms with Crippen molar-refractivity contribution in [2.24, 2.45) is 5.41 Å². The third kappa shape index (κ3) is 4.45. The monoisotopic (exact) mass is 514 g/mol. The third-order valence-electron chi connectivity index (χ3n) is 8.74. The number of pyridine rings is 1. The molecule has 1 N–H and O–H groups in total. The van der Waals surface area contributed by atoms with Crippen LogP contribution in [0, 0.1) is 11.2 Å². The van der Waals surface area contributed by atoms with Gasteiger partial charge in [-0.25, -0.2) is 19.3 Å². The zero-order chi connectivity index (χ0) is 26.5. The number of aromatic nitrogens is 3. The molecule has 1 saturated carbocycles. The molecule has 0 amide bonds. The maximum Gasteiger partial charge on any atom is 0.229 e. The van der Waals surface area contributed by atoms with E-state index in [1.807, 2.05) is 24.4 Å². The van der Waals surface area contributed by atoms with Crippen LogP contribution in [0.3, 0.4) is 0 Å². The molecule has 0 bridgehead atoms. The topological polar surface area (TPSA) is 74.2 Å². The summed E-state index contributed by atoms with van der Waals surface area (Å²) in [7, 11) is 0. The summed E-state index contributed by atoms with van der Waals surface area (Å²) in [4.78, 5) is 30.4. The van der Waals surface area contributed by atoms with Gasteiger partial charge in [-0.1, -0.05) is 38.8 Å². The van der Waals surface area contributed by atoms with Crippen molar-refractivity contribution in [1.82, 2.24) is 19.9 Å². The van der Waals surface area contributed by atoms with Gasteiger partial charge in [-0.3, -0.25) is 4.79 Å². The number of halogens is 1. The molecule has 6 rings (SSSR count). The van der Waals surface area contributed by atoms with Crippen LogP contribution < -0.4 is 10.2 Å². The van der Waals surface area contributed by atoms with Crippen molar-refractivity contribution in [3.63, 3.8) is 0 Å². The van der Waals surface area contributed by atoms with E-state index in [1.165, 1.54) is 19.3 Å². The SMILES string of the molecule is CCN1CC2(C1)CN(c1ccc(Nc3ncc(F)c(-c4ccc(C(C)=O)c(C5(C)CCCC5)c4)n3)nc1)C2. The third-order valence-corrected chi connectivity index (χ3v) is 8.74. The Morgan fingerprint density at radius 3 is 2.47 bits per heavy atom. The molecule has 0 unspecified atom stereocenters. The normalized spacial score (nSPS) is 19.7. The molecule has 7 nitrogen and oxygen atoms in total. The number of likely N-dealkylation sites (tertiary alicyclic amines) is 1. The summed E-state index contributed by atoms with van der Waals surface area (Å²) < 4.78 is 14.9. The number of rotatable bonds is 7. The number of benzene rings is 1. The fourth-order valence-corrected chi connectivity index (χ4v) is 6.59. The van der Waals surface area contributed by atoms with Crippen molar-refractivity contribution in [2.75, 3.05) is 42.9 Å². The van der Waals surface area contributed by atoms with Crippen molar-refractivity contribution < 1.29 is 9.18 Å². The van der Waals surface area contributed by atoms with Gasteiger partial charge in [0.05, 0.1) is 18.1 Å². The highest BCUT2D eigenvalue weighted by Gasteiger charge is 2.51. The lowest BCUT2D eigenvalue weighted by Gasteiger charge is -2.61. The summed E-state index contributed by atoms with van der Waals surface area (Å²) in [6.07, 6.45) is 7.36. The van der Waals surface area contributed by atoms with E-state index in [0.29, 0.717) is 22.4 Å². The van der Waals surface area contributed by atoms with E-state index in [1.54, 1.807) is 13.0 Å². The van der Waals surface area contributed by atoms with Crippen LogP contribution in [0.15, 0.2) is 42.7 Å². The van der Waals surface area contributed by atoms with E-state index in [4.69, 9.17) is 0 Å². The summed E-state index contributed by atoms with van der Waals surface area (Å²) in [5.41, 5.74) is 4.04. The second kappa shape index (κ2) is 9.42. The van der Waals surface area contributed by atoms with Crippen molar-refractivity contribution >= 4 is 23.2 Å². The van der Waals surface area contributed by atoms with Crippen LogP contribution >= 0.6 is 0 Å². The molecule has 198 valence electrons. The molecule has 3 aromatic rings. The van der Waals surface area contributed by atoms with Gasteiger partial charge in [0.25, 0.3) is 0 Å². The Labute approximate surface area is 223 Å². The van der Waals surface area contributed by atoms with E-state index >= 15 is 0 Å². The summed E-state index contributed by atoms with van der Waals surface area (Å²) in [6.45, 7) is 11.7. The highest BCUT2D eigenvalue weighted by Crippen LogP contribution is 2.44. The zero-order valence-electron chi connectivity index (χ0n) is 22.4. The Bertz CT molecular complexity index is 1350. The Hall–Kier alpha value is -3.39. The lowest BCUT2D eigenvalue weighted by atomic mass is 9.72. The molecule has 4 heterocycles. The first-order valence-corrected chi connectivity index (χ1v) is 13.7. The lowest BCUT2D eigenvalue weighted by molar-refractivity contribution is -0.0178. The minimum atomic E-state index is -0.499. The van der Waals surface area contributed by atoms with Gasteiger partial charge in [0.15, 0.2) is 11.6 Å². The second-order valence-corrected chi connectivity index (χ2v) is 11.7. The maximum absolute atomic E-state index is 14.9. The maximum atomic E-state index is 14.9. The average Bonchev–Trinajstić information content (AvgIpc) is 3.32. The smallest absolute Gasteiger partial charge is 0.229 e. The van der Waals surface area contributed by atoms with E-state index in [0.717, 1.165) is 56.6 Å². The van der Waals surface area contributed by atoms with E-state index in [9.17, 15) is 9.18 Å². The van der Waals surface area contributed by atoms with Crippen molar-refractivity contribution in [2.45, 2.75) is 51.9 Å². The standard InChI is InChI=1S/C30H35FN6O/c1-4-36-16-30(17-36)18-37(19-30)22-8-10-26(32-14-22)34-28-33-15-25(31)27(35-28)21-7-9-23(20(2)38)24(13-21)29(3)11-5-6-12-29/h7-10,13-15H,4-6,11-12,16-19H2,1-3H3,(H,32,33,34,35). The molecule has 8 heteroatoms. The zero-order valence-corrected chi connectivity index (χ0v) is 22.4. The van der Waals surface area contributed by atoms with Crippen LogP contribution in [0.1, 0.15) is 62.4 Å². The number of anilines is 3. The fourth-order valence-electron chi connectivity index (χ4n) is 6.59. The van der Waals surface area contributed by atoms with Crippen LogP contribution in [0.4, 0.5) is 21.8 Å². The number of nitrogens with one attached hydrogen (secondary N) is 1. The predicted molar refractivity (Wildman–Crippen MR) is 148 cm³/mol. The first-order valence-electron chi connectivity index (χ1n) is 13.7. The number of hydrogen-bond acceptors (Lipinski definition) is 7. The number of carbonyl (C=O) groups excluding carboxylic acids is 1. The number of ketones is 1. The van der Waals surface area contributed by atoms with Gasteiger partial charge >= 0.3 is 0 Å². The van der Waals surface area contributed by atoms with Gasteiger partial charge in [0.1, 0.15) is 11.5 Å². The second-order valence-electron chi connectivity index (χ2n) is 11.7. The summed E-state index contributed by atoms with van der Waals surface area (Å²) in [6, 6.07) is 9.51. The molecule has 0 radical (unpaired) electrons. The molecule has 3 fully saturated rings.